The van der Waals surface area contributed by atoms with E-state index in [0.717, 1.165) is 10.0 Å². The molecule has 5 nitrogen and oxygen atoms in total. The van der Waals surface area contributed by atoms with Crippen LogP contribution in [0.4, 0.5) is 5.69 Å². The lowest BCUT2D eigenvalue weighted by Gasteiger charge is -2.03. The summed E-state index contributed by atoms with van der Waals surface area (Å²) in [6.07, 6.45) is 1.46. The van der Waals surface area contributed by atoms with Crippen LogP contribution in [-0.4, -0.2) is 18.0 Å². The van der Waals surface area contributed by atoms with Crippen molar-refractivity contribution >= 4 is 39.6 Å². The third kappa shape index (κ3) is 4.85. The Morgan fingerprint density at radius 1 is 0.952 bits per heavy atom. The van der Waals surface area contributed by atoms with Crippen LogP contribution in [-0.2, 0) is 9.59 Å². The van der Waals surface area contributed by atoms with Crippen molar-refractivity contribution in [3.8, 4) is 0 Å². The van der Waals surface area contributed by atoms with Gasteiger partial charge in [-0.25, -0.2) is 5.43 Å². The van der Waals surface area contributed by atoms with Crippen molar-refractivity contribution in [2.45, 2.75) is 0 Å². The van der Waals surface area contributed by atoms with Crippen molar-refractivity contribution in [2.24, 2.45) is 5.10 Å². The number of carbonyl (C=O) groups excluding carboxylic acids is 2. The summed E-state index contributed by atoms with van der Waals surface area (Å²) in [7, 11) is 0. The van der Waals surface area contributed by atoms with Gasteiger partial charge in [-0.1, -0.05) is 46.3 Å². The molecule has 0 unspecified atom stereocenters. The monoisotopic (exact) mass is 345 g/mol. The van der Waals surface area contributed by atoms with Gasteiger partial charge in [-0.3, -0.25) is 9.59 Å². The minimum atomic E-state index is -0.829. The van der Waals surface area contributed by atoms with Gasteiger partial charge < -0.3 is 5.32 Å². The summed E-state index contributed by atoms with van der Waals surface area (Å²) >= 11 is 3.29. The molecule has 0 radical (unpaired) electrons. The molecule has 0 spiro atoms. The molecule has 0 atom stereocenters. The Morgan fingerprint density at radius 3 is 2.29 bits per heavy atom. The van der Waals surface area contributed by atoms with Gasteiger partial charge in [0.25, 0.3) is 0 Å². The van der Waals surface area contributed by atoms with Gasteiger partial charge in [0, 0.05) is 10.2 Å². The van der Waals surface area contributed by atoms with Gasteiger partial charge in [0.15, 0.2) is 0 Å². The second kappa shape index (κ2) is 7.35. The van der Waals surface area contributed by atoms with Crippen molar-refractivity contribution < 1.29 is 9.59 Å². The van der Waals surface area contributed by atoms with E-state index in [1.165, 1.54) is 6.21 Å². The van der Waals surface area contributed by atoms with Gasteiger partial charge in [0.2, 0.25) is 0 Å². The summed E-state index contributed by atoms with van der Waals surface area (Å²) in [4.78, 5) is 23.2. The van der Waals surface area contributed by atoms with E-state index in [4.69, 9.17) is 0 Å². The standard InChI is InChI=1S/C15H12BrN3O2/c16-12-6-8-13(9-7-12)18-14(20)15(21)19-17-10-11-4-2-1-3-5-11/h1-10H,(H,18,20)(H,19,21)/b17-10-. The Bertz CT molecular complexity index is 654. The number of rotatable bonds is 3. The van der Waals surface area contributed by atoms with Crippen LogP contribution in [0, 0.1) is 0 Å². The number of amides is 2. The zero-order valence-corrected chi connectivity index (χ0v) is 12.5. The van der Waals surface area contributed by atoms with E-state index in [9.17, 15) is 9.59 Å². The second-order valence-electron chi connectivity index (χ2n) is 4.07. The molecule has 0 fully saturated rings. The molecule has 0 aliphatic rings. The zero-order chi connectivity index (χ0) is 15.1. The summed E-state index contributed by atoms with van der Waals surface area (Å²) in [6, 6.07) is 16.1. The highest BCUT2D eigenvalue weighted by Gasteiger charge is 2.12. The number of hydrazone groups is 1. The van der Waals surface area contributed by atoms with Crippen molar-refractivity contribution in [3.63, 3.8) is 0 Å². The quantitative estimate of drug-likeness (QED) is 0.509. The Balaban J connectivity index is 1.87. The molecule has 0 bridgehead atoms. The second-order valence-corrected chi connectivity index (χ2v) is 4.99. The van der Waals surface area contributed by atoms with Crippen LogP contribution < -0.4 is 10.7 Å². The highest BCUT2D eigenvalue weighted by atomic mass is 79.9. The molecule has 2 N–H and O–H groups in total. The Hall–Kier alpha value is -2.47. The molecule has 2 aromatic carbocycles. The number of benzene rings is 2. The first kappa shape index (κ1) is 14.9. The molecular weight excluding hydrogens is 334 g/mol. The maximum atomic E-state index is 11.6. The Labute approximate surface area is 130 Å². The molecule has 0 saturated carbocycles. The van der Waals surface area contributed by atoms with Gasteiger partial charge in [0.05, 0.1) is 6.21 Å². The summed E-state index contributed by atoms with van der Waals surface area (Å²) in [5, 5.41) is 6.20. The maximum absolute atomic E-state index is 11.6. The number of anilines is 1. The zero-order valence-electron chi connectivity index (χ0n) is 10.9. The van der Waals surface area contributed by atoms with Crippen LogP contribution in [0.3, 0.4) is 0 Å². The van der Waals surface area contributed by atoms with Gasteiger partial charge in [-0.2, -0.15) is 5.10 Å². The molecule has 0 aromatic heterocycles. The van der Waals surface area contributed by atoms with Gasteiger partial charge in [-0.15, -0.1) is 0 Å². The van der Waals surface area contributed by atoms with E-state index in [1.807, 2.05) is 30.3 Å². The Kier molecular flexibility index (Phi) is 5.22. The van der Waals surface area contributed by atoms with Crippen molar-refractivity contribution in [1.29, 1.82) is 0 Å². The van der Waals surface area contributed by atoms with E-state index in [0.29, 0.717) is 5.69 Å². The fourth-order valence-corrected chi connectivity index (χ4v) is 1.74. The number of carbonyl (C=O) groups is 2. The average molecular weight is 346 g/mol. The number of hydrogen-bond donors (Lipinski definition) is 2. The molecule has 2 amide bonds. The van der Waals surface area contributed by atoms with E-state index >= 15 is 0 Å². The fraction of sp³-hybridized carbons (Fsp3) is 0. The summed E-state index contributed by atoms with van der Waals surface area (Å²) in [6.45, 7) is 0. The topological polar surface area (TPSA) is 70.6 Å². The van der Waals surface area contributed by atoms with Gasteiger partial charge in [0.1, 0.15) is 0 Å². The normalized spacial score (nSPS) is 10.3. The lowest BCUT2D eigenvalue weighted by molar-refractivity contribution is -0.136. The van der Waals surface area contributed by atoms with E-state index < -0.39 is 11.8 Å². The lowest BCUT2D eigenvalue weighted by Crippen LogP contribution is -2.32. The molecule has 0 aliphatic heterocycles. The van der Waals surface area contributed by atoms with E-state index in [2.05, 4.69) is 31.8 Å². The number of hydrogen-bond acceptors (Lipinski definition) is 3. The number of nitrogens with zero attached hydrogens (tertiary/aromatic N) is 1. The molecule has 2 rings (SSSR count). The molecular formula is C15H12BrN3O2. The molecule has 2 aromatic rings. The smallest absolute Gasteiger partial charge is 0.318 e. The largest absolute Gasteiger partial charge is 0.329 e. The first-order valence-electron chi connectivity index (χ1n) is 6.10. The Morgan fingerprint density at radius 2 is 1.62 bits per heavy atom. The third-order valence-corrected chi connectivity index (χ3v) is 3.02. The predicted molar refractivity (Wildman–Crippen MR) is 85.0 cm³/mol. The van der Waals surface area contributed by atoms with Gasteiger partial charge >= 0.3 is 11.8 Å². The maximum Gasteiger partial charge on any atom is 0.329 e. The van der Waals surface area contributed by atoms with Crippen molar-refractivity contribution in [1.82, 2.24) is 5.43 Å². The van der Waals surface area contributed by atoms with Crippen LogP contribution in [0.25, 0.3) is 0 Å². The first-order valence-corrected chi connectivity index (χ1v) is 6.89. The van der Waals surface area contributed by atoms with E-state index in [1.54, 1.807) is 24.3 Å². The fourth-order valence-electron chi connectivity index (χ4n) is 1.48. The summed E-state index contributed by atoms with van der Waals surface area (Å²) < 4.78 is 0.886. The van der Waals surface area contributed by atoms with Crippen LogP contribution in [0.5, 0.6) is 0 Å². The SMILES string of the molecule is O=C(N/N=C\c1ccccc1)C(=O)Nc1ccc(Br)cc1. The van der Waals surface area contributed by atoms with E-state index in [-0.39, 0.29) is 0 Å². The average Bonchev–Trinajstić information content (AvgIpc) is 2.50. The minimum absolute atomic E-state index is 0.533. The van der Waals surface area contributed by atoms with Gasteiger partial charge in [-0.05, 0) is 29.8 Å². The summed E-state index contributed by atoms with van der Waals surface area (Å²) in [5.41, 5.74) is 3.53. The highest BCUT2D eigenvalue weighted by Crippen LogP contribution is 2.13. The minimum Gasteiger partial charge on any atom is -0.318 e. The molecule has 0 saturated heterocycles. The summed E-state index contributed by atoms with van der Waals surface area (Å²) in [5.74, 6) is -1.60. The van der Waals surface area contributed by atoms with Crippen molar-refractivity contribution in [2.75, 3.05) is 5.32 Å². The van der Waals surface area contributed by atoms with Crippen LogP contribution in [0.1, 0.15) is 5.56 Å². The lowest BCUT2D eigenvalue weighted by atomic mass is 10.2. The molecule has 106 valence electrons. The molecule has 0 aliphatic carbocycles. The first-order chi connectivity index (χ1) is 10.1. The van der Waals surface area contributed by atoms with Crippen molar-refractivity contribution in [3.05, 3.63) is 64.6 Å². The van der Waals surface area contributed by atoms with Crippen LogP contribution in [0.2, 0.25) is 0 Å². The van der Waals surface area contributed by atoms with Crippen LogP contribution in [0.15, 0.2) is 64.2 Å². The molecule has 0 heterocycles. The number of halogens is 1. The number of nitrogens with one attached hydrogen (secondary N) is 2. The molecule has 6 heteroatoms. The molecule has 21 heavy (non-hydrogen) atoms. The third-order valence-electron chi connectivity index (χ3n) is 2.49. The highest BCUT2D eigenvalue weighted by molar-refractivity contribution is 9.10. The van der Waals surface area contributed by atoms with Crippen LogP contribution >= 0.6 is 15.9 Å². The predicted octanol–water partition coefficient (Wildman–Crippen LogP) is 2.54.